The number of hydrogen-bond donors (Lipinski definition) is 1. The van der Waals surface area contributed by atoms with Gasteiger partial charge in [0.05, 0.1) is 11.8 Å². The van der Waals surface area contributed by atoms with Crippen LogP contribution in [0.4, 0.5) is 10.5 Å². The summed E-state index contributed by atoms with van der Waals surface area (Å²) in [4.78, 5) is 23.0. The lowest BCUT2D eigenvalue weighted by Crippen LogP contribution is -2.27. The van der Waals surface area contributed by atoms with Crippen molar-refractivity contribution in [2.45, 2.75) is 26.4 Å². The third-order valence-electron chi connectivity index (χ3n) is 1.93. The van der Waals surface area contributed by atoms with Crippen molar-refractivity contribution in [3.05, 3.63) is 42.7 Å². The minimum absolute atomic E-state index is 0.313. The first-order valence-corrected chi connectivity index (χ1v) is 5.74. The fourth-order valence-electron chi connectivity index (χ4n) is 1.29. The van der Waals surface area contributed by atoms with Crippen molar-refractivity contribution in [2.24, 2.45) is 0 Å². The molecule has 5 heteroatoms. The second-order valence-corrected chi connectivity index (χ2v) is 4.78. The summed E-state index contributed by atoms with van der Waals surface area (Å²) >= 11 is 0. The molecule has 0 saturated carbocycles. The summed E-state index contributed by atoms with van der Waals surface area (Å²) < 4.78 is 9.76. The van der Waals surface area contributed by atoms with Gasteiger partial charge in [-0.2, -0.15) is 0 Å². The number of hydrogen-bond acceptors (Lipinski definition) is 4. The monoisotopic (exact) mass is 263 g/mol. The van der Waals surface area contributed by atoms with E-state index < -0.39 is 17.7 Å². The van der Waals surface area contributed by atoms with Crippen LogP contribution >= 0.6 is 0 Å². The maximum absolute atomic E-state index is 11.6. The highest BCUT2D eigenvalue weighted by atomic mass is 16.6. The van der Waals surface area contributed by atoms with E-state index in [1.165, 1.54) is 6.07 Å². The number of esters is 1. The lowest BCUT2D eigenvalue weighted by atomic mass is 10.2. The second kappa shape index (κ2) is 6.04. The molecule has 1 amide bonds. The van der Waals surface area contributed by atoms with Crippen LogP contribution in [0.25, 0.3) is 0 Å². The highest BCUT2D eigenvalue weighted by molar-refractivity contribution is 5.92. The Hall–Kier alpha value is -2.30. The molecular formula is C14H17NO4. The van der Waals surface area contributed by atoms with Crippen molar-refractivity contribution in [2.75, 3.05) is 5.32 Å². The van der Waals surface area contributed by atoms with E-state index in [0.717, 1.165) is 6.26 Å². The Morgan fingerprint density at radius 1 is 1.32 bits per heavy atom. The summed E-state index contributed by atoms with van der Waals surface area (Å²) in [6.45, 7) is 8.61. The molecular weight excluding hydrogens is 246 g/mol. The van der Waals surface area contributed by atoms with E-state index in [0.29, 0.717) is 11.3 Å². The maximum Gasteiger partial charge on any atom is 0.412 e. The molecule has 1 aromatic carbocycles. The molecule has 0 fully saturated rings. The highest BCUT2D eigenvalue weighted by Crippen LogP contribution is 2.14. The molecule has 0 heterocycles. The minimum Gasteiger partial charge on any atom is -0.444 e. The van der Waals surface area contributed by atoms with Crippen molar-refractivity contribution in [1.82, 2.24) is 0 Å². The zero-order valence-electron chi connectivity index (χ0n) is 11.2. The van der Waals surface area contributed by atoms with Crippen molar-refractivity contribution < 1.29 is 19.1 Å². The van der Waals surface area contributed by atoms with Gasteiger partial charge >= 0.3 is 12.1 Å². The van der Waals surface area contributed by atoms with E-state index in [2.05, 4.69) is 16.6 Å². The lowest BCUT2D eigenvalue weighted by Gasteiger charge is -2.19. The van der Waals surface area contributed by atoms with Crippen molar-refractivity contribution in [3.8, 4) is 0 Å². The number of rotatable bonds is 3. The smallest absolute Gasteiger partial charge is 0.412 e. The van der Waals surface area contributed by atoms with Crippen molar-refractivity contribution in [1.29, 1.82) is 0 Å². The minimum atomic E-state index is -0.582. The van der Waals surface area contributed by atoms with Gasteiger partial charge in [0.15, 0.2) is 0 Å². The average Bonchev–Trinajstić information content (AvgIpc) is 2.27. The van der Waals surface area contributed by atoms with Crippen LogP contribution in [-0.2, 0) is 9.47 Å². The summed E-state index contributed by atoms with van der Waals surface area (Å²) in [6, 6.07) is 6.35. The first-order valence-electron chi connectivity index (χ1n) is 5.74. The molecule has 0 atom stereocenters. The van der Waals surface area contributed by atoms with Crippen molar-refractivity contribution in [3.63, 3.8) is 0 Å². The number of benzene rings is 1. The first-order chi connectivity index (χ1) is 8.81. The molecule has 0 saturated heterocycles. The van der Waals surface area contributed by atoms with E-state index >= 15 is 0 Å². The van der Waals surface area contributed by atoms with Gasteiger partial charge in [-0.15, -0.1) is 0 Å². The number of ether oxygens (including phenoxy) is 2. The van der Waals surface area contributed by atoms with Crippen LogP contribution in [0.5, 0.6) is 0 Å². The molecule has 102 valence electrons. The fraction of sp³-hybridized carbons (Fsp3) is 0.286. The third kappa shape index (κ3) is 5.25. The Bertz CT molecular complexity index is 488. The van der Waals surface area contributed by atoms with Gasteiger partial charge in [0.2, 0.25) is 0 Å². The molecule has 0 aliphatic carbocycles. The Morgan fingerprint density at radius 2 is 2.00 bits per heavy atom. The molecule has 0 aliphatic heterocycles. The summed E-state index contributed by atoms with van der Waals surface area (Å²) in [5, 5.41) is 2.54. The zero-order chi connectivity index (χ0) is 14.5. The van der Waals surface area contributed by atoms with Crippen LogP contribution in [0.3, 0.4) is 0 Å². The van der Waals surface area contributed by atoms with Crippen LogP contribution in [-0.4, -0.2) is 17.7 Å². The number of amides is 1. The summed E-state index contributed by atoms with van der Waals surface area (Å²) in [6.07, 6.45) is 0.470. The van der Waals surface area contributed by atoms with Crippen molar-refractivity contribution >= 4 is 17.7 Å². The SMILES string of the molecule is C=COC(=O)c1cccc(NC(=O)OC(C)(C)C)c1. The number of nitrogens with one attached hydrogen (secondary N) is 1. The van der Waals surface area contributed by atoms with Gasteiger partial charge in [0.1, 0.15) is 5.60 Å². The van der Waals surface area contributed by atoms with Crippen LogP contribution in [0.2, 0.25) is 0 Å². The van der Waals surface area contributed by atoms with Crippen LogP contribution in [0, 0.1) is 0 Å². The largest absolute Gasteiger partial charge is 0.444 e. The average molecular weight is 263 g/mol. The first kappa shape index (κ1) is 14.8. The Kier molecular flexibility index (Phi) is 4.69. The standard InChI is InChI=1S/C14H17NO4/c1-5-18-12(16)10-7-6-8-11(9-10)15-13(17)19-14(2,3)4/h5-9H,1H2,2-4H3,(H,15,17). The molecule has 0 spiro atoms. The Labute approximate surface area is 112 Å². The fourth-order valence-corrected chi connectivity index (χ4v) is 1.29. The van der Waals surface area contributed by atoms with Crippen LogP contribution in [0.15, 0.2) is 37.1 Å². The van der Waals surface area contributed by atoms with Gasteiger partial charge in [-0.1, -0.05) is 12.6 Å². The molecule has 1 N–H and O–H groups in total. The van der Waals surface area contributed by atoms with Gasteiger partial charge in [-0.3, -0.25) is 5.32 Å². The van der Waals surface area contributed by atoms with Gasteiger partial charge < -0.3 is 9.47 Å². The molecule has 0 aromatic heterocycles. The maximum atomic E-state index is 11.6. The van der Waals surface area contributed by atoms with Crippen LogP contribution in [0.1, 0.15) is 31.1 Å². The molecule has 5 nitrogen and oxygen atoms in total. The second-order valence-electron chi connectivity index (χ2n) is 4.78. The Morgan fingerprint density at radius 3 is 2.58 bits per heavy atom. The molecule has 0 radical (unpaired) electrons. The molecule has 1 aromatic rings. The van der Waals surface area contributed by atoms with E-state index in [-0.39, 0.29) is 0 Å². The van der Waals surface area contributed by atoms with E-state index in [1.54, 1.807) is 39.0 Å². The molecule has 0 aliphatic rings. The van der Waals surface area contributed by atoms with Gasteiger partial charge in [-0.25, -0.2) is 9.59 Å². The summed E-state index contributed by atoms with van der Waals surface area (Å²) in [7, 11) is 0. The molecule has 19 heavy (non-hydrogen) atoms. The van der Waals surface area contributed by atoms with Gasteiger partial charge in [-0.05, 0) is 39.0 Å². The van der Waals surface area contributed by atoms with Gasteiger partial charge in [0, 0.05) is 5.69 Å². The predicted octanol–water partition coefficient (Wildman–Crippen LogP) is 3.33. The highest BCUT2D eigenvalue weighted by Gasteiger charge is 2.16. The van der Waals surface area contributed by atoms with E-state index in [4.69, 9.17) is 4.74 Å². The van der Waals surface area contributed by atoms with Gasteiger partial charge in [0.25, 0.3) is 0 Å². The predicted molar refractivity (Wildman–Crippen MR) is 71.9 cm³/mol. The van der Waals surface area contributed by atoms with E-state index in [9.17, 15) is 9.59 Å². The summed E-state index contributed by atoms with van der Waals surface area (Å²) in [5.41, 5.74) is 0.185. The Balaban J connectivity index is 2.75. The quantitative estimate of drug-likeness (QED) is 0.671. The number of anilines is 1. The molecule has 0 unspecified atom stereocenters. The number of carbonyl (C=O) groups is 2. The van der Waals surface area contributed by atoms with E-state index in [1.807, 2.05) is 0 Å². The summed E-state index contributed by atoms with van der Waals surface area (Å²) in [5.74, 6) is -0.539. The zero-order valence-corrected chi connectivity index (χ0v) is 11.2. The number of carbonyl (C=O) groups excluding carboxylic acids is 2. The topological polar surface area (TPSA) is 64.6 Å². The lowest BCUT2D eigenvalue weighted by molar-refractivity contribution is 0.0630. The molecule has 0 bridgehead atoms. The molecule has 1 rings (SSSR count). The van der Waals surface area contributed by atoms with Crippen LogP contribution < -0.4 is 5.32 Å². The normalized spacial score (nSPS) is 10.5. The third-order valence-corrected chi connectivity index (χ3v) is 1.93.